The van der Waals surface area contributed by atoms with Crippen molar-refractivity contribution in [2.45, 2.75) is 13.2 Å². The predicted octanol–water partition coefficient (Wildman–Crippen LogP) is 3.35. The number of nitro benzene ring substituents is 1. The molecule has 5 nitrogen and oxygen atoms in total. The predicted molar refractivity (Wildman–Crippen MR) is 77.8 cm³/mol. The second-order valence-electron chi connectivity index (χ2n) is 4.25. The second-order valence-corrected chi connectivity index (χ2v) is 4.66. The zero-order valence-corrected chi connectivity index (χ0v) is 11.3. The van der Waals surface area contributed by atoms with Crippen LogP contribution < -0.4 is 5.32 Å². The van der Waals surface area contributed by atoms with E-state index in [0.717, 1.165) is 11.1 Å². The maximum atomic E-state index is 10.7. The monoisotopic (exact) mass is 292 g/mol. The number of aliphatic hydroxyl groups is 1. The molecular formula is C14H13ClN2O3. The molecule has 0 bridgehead atoms. The van der Waals surface area contributed by atoms with Gasteiger partial charge in [-0.05, 0) is 23.3 Å². The molecule has 0 radical (unpaired) electrons. The minimum atomic E-state index is -0.428. The molecule has 0 spiro atoms. The quantitative estimate of drug-likeness (QED) is 0.654. The lowest BCUT2D eigenvalue weighted by Crippen LogP contribution is -2.01. The van der Waals surface area contributed by atoms with Crippen LogP contribution in [0.4, 0.5) is 11.4 Å². The maximum absolute atomic E-state index is 10.7. The molecule has 0 heterocycles. The van der Waals surface area contributed by atoms with Crippen molar-refractivity contribution in [3.8, 4) is 0 Å². The first-order chi connectivity index (χ1) is 9.60. The van der Waals surface area contributed by atoms with Gasteiger partial charge in [0.25, 0.3) is 5.69 Å². The first-order valence-corrected chi connectivity index (χ1v) is 6.34. The van der Waals surface area contributed by atoms with Crippen LogP contribution in [0.1, 0.15) is 11.1 Å². The van der Waals surface area contributed by atoms with Crippen molar-refractivity contribution in [1.29, 1.82) is 0 Å². The molecule has 0 aliphatic carbocycles. The van der Waals surface area contributed by atoms with Crippen LogP contribution in [0.2, 0.25) is 5.02 Å². The van der Waals surface area contributed by atoms with Gasteiger partial charge in [-0.2, -0.15) is 0 Å². The van der Waals surface area contributed by atoms with E-state index in [-0.39, 0.29) is 12.3 Å². The summed E-state index contributed by atoms with van der Waals surface area (Å²) < 4.78 is 0. The van der Waals surface area contributed by atoms with Crippen molar-refractivity contribution in [3.63, 3.8) is 0 Å². The molecule has 0 atom stereocenters. The number of hydrogen-bond donors (Lipinski definition) is 2. The average Bonchev–Trinajstić information content (AvgIpc) is 2.46. The third-order valence-corrected chi connectivity index (χ3v) is 3.15. The molecule has 2 aromatic carbocycles. The summed E-state index contributed by atoms with van der Waals surface area (Å²) in [7, 11) is 0. The zero-order chi connectivity index (χ0) is 14.5. The molecule has 0 saturated carbocycles. The molecule has 0 aliphatic heterocycles. The Hall–Kier alpha value is -2.11. The summed E-state index contributed by atoms with van der Waals surface area (Å²) in [5, 5.41) is 23.4. The minimum Gasteiger partial charge on any atom is -0.392 e. The molecule has 2 rings (SSSR count). The fourth-order valence-corrected chi connectivity index (χ4v) is 1.97. The zero-order valence-electron chi connectivity index (χ0n) is 10.5. The van der Waals surface area contributed by atoms with Gasteiger partial charge in [-0.3, -0.25) is 10.1 Å². The molecule has 20 heavy (non-hydrogen) atoms. The first kappa shape index (κ1) is 14.3. The van der Waals surface area contributed by atoms with Gasteiger partial charge in [0.15, 0.2) is 0 Å². The van der Waals surface area contributed by atoms with Crippen molar-refractivity contribution in [3.05, 3.63) is 68.7 Å². The minimum absolute atomic E-state index is 0.0551. The summed E-state index contributed by atoms with van der Waals surface area (Å²) in [6.45, 7) is 0.346. The number of non-ortho nitro benzene ring substituents is 1. The lowest BCUT2D eigenvalue weighted by molar-refractivity contribution is -0.384. The molecule has 0 amide bonds. The SMILES string of the molecule is O=[N+]([O-])c1cccc(CNc2cc(CO)ccc2Cl)c1. The highest BCUT2D eigenvalue weighted by atomic mass is 35.5. The Morgan fingerprint density at radius 2 is 2.00 bits per heavy atom. The third kappa shape index (κ3) is 3.46. The number of rotatable bonds is 5. The van der Waals surface area contributed by atoms with E-state index in [1.54, 1.807) is 30.3 Å². The highest BCUT2D eigenvalue weighted by Crippen LogP contribution is 2.24. The Balaban J connectivity index is 2.12. The van der Waals surface area contributed by atoms with E-state index in [4.69, 9.17) is 16.7 Å². The largest absolute Gasteiger partial charge is 0.392 e. The molecule has 0 fully saturated rings. The summed E-state index contributed by atoms with van der Waals surface area (Å²) in [5.41, 5.74) is 2.27. The van der Waals surface area contributed by atoms with Gasteiger partial charge in [-0.1, -0.05) is 29.8 Å². The van der Waals surface area contributed by atoms with Crippen LogP contribution in [0.15, 0.2) is 42.5 Å². The van der Waals surface area contributed by atoms with Crippen molar-refractivity contribution in [2.24, 2.45) is 0 Å². The molecule has 0 unspecified atom stereocenters. The molecular weight excluding hydrogens is 280 g/mol. The standard InChI is InChI=1S/C14H13ClN2O3/c15-13-5-4-11(9-18)7-14(13)16-8-10-2-1-3-12(6-10)17(19)20/h1-7,16,18H,8-9H2. The second kappa shape index (κ2) is 6.36. The van der Waals surface area contributed by atoms with Gasteiger partial charge in [0.05, 0.1) is 22.2 Å². The molecule has 0 aromatic heterocycles. The lowest BCUT2D eigenvalue weighted by Gasteiger charge is -2.10. The van der Waals surface area contributed by atoms with Gasteiger partial charge in [0.2, 0.25) is 0 Å². The Kier molecular flexibility index (Phi) is 4.55. The molecule has 6 heteroatoms. The van der Waals surface area contributed by atoms with Crippen molar-refractivity contribution in [1.82, 2.24) is 0 Å². The van der Waals surface area contributed by atoms with Crippen molar-refractivity contribution < 1.29 is 10.0 Å². The van der Waals surface area contributed by atoms with Gasteiger partial charge in [-0.25, -0.2) is 0 Å². The Labute approximate surface area is 121 Å². The number of nitrogens with one attached hydrogen (secondary N) is 1. The number of hydrogen-bond acceptors (Lipinski definition) is 4. The number of anilines is 1. The summed E-state index contributed by atoms with van der Waals surface area (Å²) in [5.74, 6) is 0. The molecule has 0 saturated heterocycles. The normalized spacial score (nSPS) is 10.3. The van der Waals surface area contributed by atoms with Gasteiger partial charge in [0.1, 0.15) is 0 Å². The molecule has 104 valence electrons. The first-order valence-electron chi connectivity index (χ1n) is 5.96. The van der Waals surface area contributed by atoms with E-state index in [9.17, 15) is 10.1 Å². The van der Waals surface area contributed by atoms with Crippen molar-refractivity contribution >= 4 is 23.0 Å². The molecule has 0 aliphatic rings. The van der Waals surface area contributed by atoms with Crippen LogP contribution >= 0.6 is 11.6 Å². The number of halogens is 1. The van der Waals surface area contributed by atoms with Crippen molar-refractivity contribution in [2.75, 3.05) is 5.32 Å². The number of nitro groups is 1. The van der Waals surface area contributed by atoms with E-state index in [2.05, 4.69) is 5.32 Å². The number of nitrogens with zero attached hydrogens (tertiary/aromatic N) is 1. The fourth-order valence-electron chi connectivity index (χ4n) is 1.78. The topological polar surface area (TPSA) is 75.4 Å². The van der Waals surface area contributed by atoms with E-state index in [1.807, 2.05) is 0 Å². The van der Waals surface area contributed by atoms with Gasteiger partial charge in [0, 0.05) is 18.7 Å². The van der Waals surface area contributed by atoms with E-state index >= 15 is 0 Å². The molecule has 2 aromatic rings. The fraction of sp³-hybridized carbons (Fsp3) is 0.143. The Bertz CT molecular complexity index is 632. The Morgan fingerprint density at radius 1 is 1.20 bits per heavy atom. The summed E-state index contributed by atoms with van der Waals surface area (Å²) >= 11 is 6.05. The lowest BCUT2D eigenvalue weighted by atomic mass is 10.1. The van der Waals surface area contributed by atoms with Gasteiger partial charge < -0.3 is 10.4 Å². The highest BCUT2D eigenvalue weighted by Gasteiger charge is 2.06. The summed E-state index contributed by atoms with van der Waals surface area (Å²) in [4.78, 5) is 10.3. The van der Waals surface area contributed by atoms with Crippen LogP contribution in [-0.4, -0.2) is 10.0 Å². The van der Waals surface area contributed by atoms with Gasteiger partial charge in [-0.15, -0.1) is 0 Å². The number of aliphatic hydroxyl groups excluding tert-OH is 1. The highest BCUT2D eigenvalue weighted by molar-refractivity contribution is 6.33. The van der Waals surface area contributed by atoms with Gasteiger partial charge >= 0.3 is 0 Å². The van der Waals surface area contributed by atoms with Crippen LogP contribution in [0.3, 0.4) is 0 Å². The van der Waals surface area contributed by atoms with Crippen LogP contribution in [0, 0.1) is 10.1 Å². The molecule has 2 N–H and O–H groups in total. The summed E-state index contributed by atoms with van der Waals surface area (Å²) in [6, 6.07) is 11.6. The maximum Gasteiger partial charge on any atom is 0.269 e. The average molecular weight is 293 g/mol. The smallest absolute Gasteiger partial charge is 0.269 e. The van der Waals surface area contributed by atoms with E-state index in [1.165, 1.54) is 12.1 Å². The van der Waals surface area contributed by atoms with Crippen LogP contribution in [0.5, 0.6) is 0 Å². The summed E-state index contributed by atoms with van der Waals surface area (Å²) in [6.07, 6.45) is 0. The van der Waals surface area contributed by atoms with Crippen LogP contribution in [0.25, 0.3) is 0 Å². The third-order valence-electron chi connectivity index (χ3n) is 2.82. The van der Waals surface area contributed by atoms with Crippen LogP contribution in [-0.2, 0) is 13.2 Å². The Morgan fingerprint density at radius 3 is 2.70 bits per heavy atom. The van der Waals surface area contributed by atoms with E-state index < -0.39 is 4.92 Å². The van der Waals surface area contributed by atoms with E-state index in [0.29, 0.717) is 17.3 Å². The number of benzene rings is 2.